The van der Waals surface area contributed by atoms with E-state index in [0.29, 0.717) is 23.5 Å². The zero-order valence-corrected chi connectivity index (χ0v) is 15.5. The maximum absolute atomic E-state index is 12.9. The number of hydrogen-bond donors (Lipinski definition) is 2. The number of nitrogens with one attached hydrogen (secondary N) is 2. The van der Waals surface area contributed by atoms with E-state index in [-0.39, 0.29) is 16.0 Å². The predicted octanol–water partition coefficient (Wildman–Crippen LogP) is 1.56. The van der Waals surface area contributed by atoms with Gasteiger partial charge in [-0.2, -0.15) is 0 Å². The van der Waals surface area contributed by atoms with Crippen LogP contribution in [0.1, 0.15) is 27.2 Å². The molecule has 1 aromatic heterocycles. The third-order valence-electron chi connectivity index (χ3n) is 3.95. The highest BCUT2D eigenvalue weighted by Crippen LogP contribution is 2.29. The summed E-state index contributed by atoms with van der Waals surface area (Å²) in [6.07, 6.45) is 2.69. The molecule has 0 amide bonds. The fraction of sp³-hybridized carbons (Fsp3) is 0.294. The zero-order valence-electron chi connectivity index (χ0n) is 14.6. The molecule has 0 unspecified atom stereocenters. The average Bonchev–Trinajstić information content (AvgIpc) is 2.77. The van der Waals surface area contributed by atoms with Crippen LogP contribution in [0.15, 0.2) is 34.5 Å². The Balaban J connectivity index is 2.69. The van der Waals surface area contributed by atoms with Crippen molar-refractivity contribution in [2.24, 2.45) is 7.05 Å². The lowest BCUT2D eigenvalue weighted by atomic mass is 9.98. The highest BCUT2D eigenvalue weighted by atomic mass is 32.2. The SMILES string of the molecule is C=CCNc1c(S(C)(=O)=O)ccc(C(=O)c2c(C)[nH]n(C)c2=O)c1C. The Hall–Kier alpha value is -2.61. The Bertz CT molecular complexity index is 1010. The quantitative estimate of drug-likeness (QED) is 0.599. The molecule has 134 valence electrons. The Morgan fingerprint density at radius 1 is 1.36 bits per heavy atom. The maximum Gasteiger partial charge on any atom is 0.277 e. The fourth-order valence-electron chi connectivity index (χ4n) is 2.72. The zero-order chi connectivity index (χ0) is 18.9. The molecule has 8 heteroatoms. The van der Waals surface area contributed by atoms with Crippen LogP contribution >= 0.6 is 0 Å². The Morgan fingerprint density at radius 2 is 2.00 bits per heavy atom. The minimum Gasteiger partial charge on any atom is -0.380 e. The van der Waals surface area contributed by atoms with Gasteiger partial charge in [0.1, 0.15) is 5.56 Å². The summed E-state index contributed by atoms with van der Waals surface area (Å²) >= 11 is 0. The van der Waals surface area contributed by atoms with Crippen molar-refractivity contribution >= 4 is 21.3 Å². The largest absolute Gasteiger partial charge is 0.380 e. The van der Waals surface area contributed by atoms with Gasteiger partial charge in [0.15, 0.2) is 9.84 Å². The normalized spacial score (nSPS) is 11.4. The molecule has 2 rings (SSSR count). The van der Waals surface area contributed by atoms with Crippen LogP contribution in [-0.4, -0.2) is 36.8 Å². The molecule has 0 saturated heterocycles. The average molecular weight is 363 g/mol. The summed E-state index contributed by atoms with van der Waals surface area (Å²) in [6, 6.07) is 2.83. The van der Waals surface area contributed by atoms with Gasteiger partial charge in [-0.05, 0) is 31.5 Å². The van der Waals surface area contributed by atoms with Crippen LogP contribution in [0, 0.1) is 13.8 Å². The summed E-state index contributed by atoms with van der Waals surface area (Å²) < 4.78 is 25.3. The molecule has 0 spiro atoms. The minimum absolute atomic E-state index is 0.0485. The van der Waals surface area contributed by atoms with Crippen molar-refractivity contribution in [3.63, 3.8) is 0 Å². The van der Waals surface area contributed by atoms with Gasteiger partial charge >= 0.3 is 0 Å². The van der Waals surface area contributed by atoms with E-state index in [2.05, 4.69) is 17.0 Å². The number of H-pyrrole nitrogens is 1. The summed E-state index contributed by atoms with van der Waals surface area (Å²) in [4.78, 5) is 25.2. The van der Waals surface area contributed by atoms with E-state index < -0.39 is 21.2 Å². The number of nitrogens with zero attached hydrogens (tertiary/aromatic N) is 1. The lowest BCUT2D eigenvalue weighted by molar-refractivity contribution is 0.103. The van der Waals surface area contributed by atoms with Gasteiger partial charge < -0.3 is 5.32 Å². The van der Waals surface area contributed by atoms with Crippen LogP contribution in [0.3, 0.4) is 0 Å². The fourth-order valence-corrected chi connectivity index (χ4v) is 3.64. The molecule has 1 aromatic carbocycles. The first-order chi connectivity index (χ1) is 11.6. The van der Waals surface area contributed by atoms with Crippen LogP contribution in [0.5, 0.6) is 0 Å². The second-order valence-corrected chi connectivity index (χ2v) is 7.84. The second kappa shape index (κ2) is 6.72. The topological polar surface area (TPSA) is 101 Å². The van der Waals surface area contributed by atoms with Gasteiger partial charge in [-0.15, -0.1) is 6.58 Å². The van der Waals surface area contributed by atoms with Gasteiger partial charge in [-0.3, -0.25) is 19.4 Å². The van der Waals surface area contributed by atoms with Crippen molar-refractivity contribution in [2.75, 3.05) is 18.1 Å². The second-order valence-electron chi connectivity index (χ2n) is 5.86. The van der Waals surface area contributed by atoms with E-state index in [9.17, 15) is 18.0 Å². The van der Waals surface area contributed by atoms with E-state index in [1.54, 1.807) is 19.9 Å². The Morgan fingerprint density at radius 3 is 2.48 bits per heavy atom. The standard InChI is InChI=1S/C17H21N3O4S/c1-6-9-18-15-10(2)12(7-8-13(15)25(5,23)24)16(21)14-11(3)19-20(4)17(14)22/h6-8,18-19H,1,9H2,2-5H3. The van der Waals surface area contributed by atoms with Crippen molar-refractivity contribution in [1.29, 1.82) is 0 Å². The van der Waals surface area contributed by atoms with Crippen molar-refractivity contribution in [3.05, 3.63) is 57.5 Å². The van der Waals surface area contributed by atoms with Gasteiger partial charge in [-0.1, -0.05) is 6.08 Å². The lowest BCUT2D eigenvalue weighted by Gasteiger charge is -2.15. The van der Waals surface area contributed by atoms with Crippen LogP contribution in [0.25, 0.3) is 0 Å². The number of aromatic amines is 1. The molecule has 7 nitrogen and oxygen atoms in total. The van der Waals surface area contributed by atoms with Crippen LogP contribution in [0.4, 0.5) is 5.69 Å². The Kier molecular flexibility index (Phi) is 5.03. The molecule has 2 N–H and O–H groups in total. The van der Waals surface area contributed by atoms with Crippen LogP contribution in [0.2, 0.25) is 0 Å². The van der Waals surface area contributed by atoms with Crippen molar-refractivity contribution in [2.45, 2.75) is 18.7 Å². The van der Waals surface area contributed by atoms with Gasteiger partial charge in [0.05, 0.1) is 10.6 Å². The molecule has 0 saturated carbocycles. The molecular weight excluding hydrogens is 342 g/mol. The van der Waals surface area contributed by atoms with E-state index in [1.165, 1.54) is 23.9 Å². The van der Waals surface area contributed by atoms with Gasteiger partial charge in [0.25, 0.3) is 5.56 Å². The molecule has 0 aliphatic rings. The first kappa shape index (κ1) is 18.7. The van der Waals surface area contributed by atoms with E-state index in [4.69, 9.17) is 0 Å². The monoisotopic (exact) mass is 363 g/mol. The van der Waals surface area contributed by atoms with E-state index in [1.807, 2.05) is 0 Å². The number of sulfone groups is 1. The molecule has 0 fully saturated rings. The Labute approximate surface area is 146 Å². The summed E-state index contributed by atoms with van der Waals surface area (Å²) in [6.45, 7) is 7.24. The van der Waals surface area contributed by atoms with Crippen molar-refractivity contribution in [3.8, 4) is 0 Å². The predicted molar refractivity (Wildman–Crippen MR) is 97.2 cm³/mol. The first-order valence-electron chi connectivity index (χ1n) is 7.58. The summed E-state index contributed by atoms with van der Waals surface area (Å²) in [7, 11) is -1.96. The summed E-state index contributed by atoms with van der Waals surface area (Å²) in [5.41, 5.74) is 1.18. The molecule has 0 aliphatic heterocycles. The number of rotatable bonds is 6. The van der Waals surface area contributed by atoms with Crippen LogP contribution in [-0.2, 0) is 16.9 Å². The third-order valence-corrected chi connectivity index (χ3v) is 5.09. The van der Waals surface area contributed by atoms with Crippen molar-refractivity contribution in [1.82, 2.24) is 9.78 Å². The minimum atomic E-state index is -3.49. The highest BCUT2D eigenvalue weighted by Gasteiger charge is 2.24. The molecule has 1 heterocycles. The van der Waals surface area contributed by atoms with Gasteiger partial charge in [-0.25, -0.2) is 8.42 Å². The van der Waals surface area contributed by atoms with Gasteiger partial charge in [0, 0.05) is 31.1 Å². The maximum atomic E-state index is 12.9. The number of carbonyl (C=O) groups is 1. The first-order valence-corrected chi connectivity index (χ1v) is 9.47. The smallest absolute Gasteiger partial charge is 0.277 e. The van der Waals surface area contributed by atoms with E-state index >= 15 is 0 Å². The molecule has 0 aliphatic carbocycles. The molecule has 0 bridgehead atoms. The summed E-state index contributed by atoms with van der Waals surface area (Å²) in [5.74, 6) is -0.446. The number of hydrogen-bond acceptors (Lipinski definition) is 5. The third kappa shape index (κ3) is 3.43. The number of ketones is 1. The lowest BCUT2D eigenvalue weighted by Crippen LogP contribution is -2.20. The molecular formula is C17H21N3O4S. The number of benzene rings is 1. The highest BCUT2D eigenvalue weighted by molar-refractivity contribution is 7.90. The number of carbonyl (C=O) groups excluding carboxylic acids is 1. The van der Waals surface area contributed by atoms with E-state index in [0.717, 1.165) is 6.26 Å². The molecule has 25 heavy (non-hydrogen) atoms. The van der Waals surface area contributed by atoms with Gasteiger partial charge in [0.2, 0.25) is 5.78 Å². The molecule has 0 atom stereocenters. The van der Waals surface area contributed by atoms with Crippen molar-refractivity contribution < 1.29 is 13.2 Å². The number of aromatic nitrogens is 2. The van der Waals surface area contributed by atoms with Crippen LogP contribution < -0.4 is 10.9 Å². The molecule has 0 radical (unpaired) electrons. The molecule has 2 aromatic rings. The number of aryl methyl sites for hydroxylation is 2. The number of anilines is 1. The summed E-state index contributed by atoms with van der Waals surface area (Å²) in [5, 5.41) is 5.77.